The lowest BCUT2D eigenvalue weighted by atomic mass is 10.2. The summed E-state index contributed by atoms with van der Waals surface area (Å²) in [4.78, 5) is 19.5. The van der Waals surface area contributed by atoms with Crippen LogP contribution in [0.1, 0.15) is 16.1 Å². The van der Waals surface area contributed by atoms with Crippen LogP contribution in [0, 0.1) is 6.92 Å². The first kappa shape index (κ1) is 18.0. The molecule has 136 valence electrons. The first-order chi connectivity index (χ1) is 13.2. The van der Waals surface area contributed by atoms with Gasteiger partial charge in [0.15, 0.2) is 0 Å². The number of rotatable bonds is 5. The van der Waals surface area contributed by atoms with Gasteiger partial charge in [-0.3, -0.25) is 4.79 Å². The molecule has 0 spiro atoms. The monoisotopic (exact) mass is 412 g/mol. The zero-order chi connectivity index (χ0) is 18.8. The van der Waals surface area contributed by atoms with Gasteiger partial charge >= 0.3 is 0 Å². The molecular weight excluding hydrogens is 396 g/mol. The normalized spacial score (nSPS) is 10.9. The Morgan fingerprint density at radius 3 is 2.81 bits per heavy atom. The molecule has 0 atom stereocenters. The second-order valence-electron chi connectivity index (χ2n) is 5.73. The number of nitrogens with zero attached hydrogens (tertiary/aromatic N) is 3. The van der Waals surface area contributed by atoms with Crippen LogP contribution in [-0.2, 0) is 0 Å². The summed E-state index contributed by atoms with van der Waals surface area (Å²) in [6, 6.07) is 13.5. The van der Waals surface area contributed by atoms with Crippen molar-refractivity contribution >= 4 is 46.2 Å². The van der Waals surface area contributed by atoms with Crippen molar-refractivity contribution < 1.29 is 4.79 Å². The van der Waals surface area contributed by atoms with Crippen molar-refractivity contribution in [3.05, 3.63) is 64.5 Å². The fourth-order valence-electron chi connectivity index (χ4n) is 2.65. The molecule has 1 amide bonds. The first-order valence-electron chi connectivity index (χ1n) is 8.16. The van der Waals surface area contributed by atoms with Gasteiger partial charge in [0.25, 0.3) is 5.91 Å². The van der Waals surface area contributed by atoms with Gasteiger partial charge in [-0.1, -0.05) is 18.2 Å². The number of hydrogen-bond donors (Lipinski definition) is 1. The number of thiazole rings is 1. The highest BCUT2D eigenvalue weighted by molar-refractivity contribution is 7.98. The highest BCUT2D eigenvalue weighted by Gasteiger charge is 2.17. The fourth-order valence-corrected chi connectivity index (χ4v) is 4.79. The number of anilines is 1. The van der Waals surface area contributed by atoms with Crippen LogP contribution in [0.5, 0.6) is 0 Å². The Balaban J connectivity index is 1.65. The van der Waals surface area contributed by atoms with Crippen LogP contribution < -0.4 is 5.32 Å². The minimum absolute atomic E-state index is 0.156. The van der Waals surface area contributed by atoms with Crippen molar-refractivity contribution in [1.29, 1.82) is 0 Å². The molecule has 1 aromatic carbocycles. The van der Waals surface area contributed by atoms with Gasteiger partial charge < -0.3 is 5.32 Å². The molecule has 0 saturated heterocycles. The van der Waals surface area contributed by atoms with Gasteiger partial charge in [-0.2, -0.15) is 9.78 Å². The van der Waals surface area contributed by atoms with E-state index in [1.165, 1.54) is 11.3 Å². The van der Waals surface area contributed by atoms with E-state index in [1.54, 1.807) is 27.8 Å². The van der Waals surface area contributed by atoms with E-state index in [4.69, 9.17) is 0 Å². The maximum atomic E-state index is 12.8. The molecule has 8 heteroatoms. The Morgan fingerprint density at radius 2 is 2.04 bits per heavy atom. The van der Waals surface area contributed by atoms with E-state index >= 15 is 0 Å². The van der Waals surface area contributed by atoms with Crippen LogP contribution in [0.15, 0.2) is 58.1 Å². The average Bonchev–Trinajstić information content (AvgIpc) is 3.42. The largest absolute Gasteiger partial charge is 0.306 e. The van der Waals surface area contributed by atoms with Crippen LogP contribution in [-0.4, -0.2) is 26.9 Å². The van der Waals surface area contributed by atoms with Gasteiger partial charge in [0.05, 0.1) is 21.8 Å². The predicted molar refractivity (Wildman–Crippen MR) is 113 cm³/mol. The number of carbonyl (C=O) groups excluding carboxylic acids is 1. The Hall–Kier alpha value is -2.42. The third-order valence-corrected chi connectivity index (χ3v) is 6.38. The van der Waals surface area contributed by atoms with Crippen molar-refractivity contribution in [2.24, 2.45) is 0 Å². The molecule has 4 aromatic rings. The standard InChI is InChI=1S/C19H16N4OS3/c1-12-10-17(21-18(24)13-6-3-4-7-15(13)25-2)23(22-12)19-20-14(11-27-19)16-8-5-9-26-16/h3-11H,1-2H3,(H,21,24). The van der Waals surface area contributed by atoms with Crippen LogP contribution >= 0.6 is 34.4 Å². The number of carbonyl (C=O) groups is 1. The molecule has 1 N–H and O–H groups in total. The van der Waals surface area contributed by atoms with Crippen LogP contribution in [0.4, 0.5) is 5.82 Å². The Kier molecular flexibility index (Phi) is 5.11. The molecular formula is C19H16N4OS3. The lowest BCUT2D eigenvalue weighted by Crippen LogP contribution is -2.15. The fraction of sp³-hybridized carbons (Fsp3) is 0.105. The highest BCUT2D eigenvalue weighted by Crippen LogP contribution is 2.29. The number of thiophene rings is 1. The molecule has 3 aromatic heterocycles. The second-order valence-corrected chi connectivity index (χ2v) is 8.36. The molecule has 0 fully saturated rings. The van der Waals surface area contributed by atoms with E-state index in [0.29, 0.717) is 11.4 Å². The molecule has 0 radical (unpaired) electrons. The maximum absolute atomic E-state index is 12.8. The number of thioether (sulfide) groups is 1. The molecule has 0 aliphatic heterocycles. The number of aromatic nitrogens is 3. The number of nitrogens with one attached hydrogen (secondary N) is 1. The van der Waals surface area contributed by atoms with Crippen LogP contribution in [0.3, 0.4) is 0 Å². The molecule has 0 aliphatic carbocycles. The lowest BCUT2D eigenvalue weighted by molar-refractivity contribution is 0.102. The molecule has 3 heterocycles. The molecule has 0 unspecified atom stereocenters. The zero-order valence-corrected chi connectivity index (χ0v) is 17.1. The van der Waals surface area contributed by atoms with E-state index in [2.05, 4.69) is 15.4 Å². The van der Waals surface area contributed by atoms with Gasteiger partial charge in [0, 0.05) is 16.3 Å². The third kappa shape index (κ3) is 3.69. The Labute approximate surface area is 169 Å². The van der Waals surface area contributed by atoms with Crippen LogP contribution in [0.2, 0.25) is 0 Å². The summed E-state index contributed by atoms with van der Waals surface area (Å²) in [6.07, 6.45) is 1.96. The van der Waals surface area contributed by atoms with Crippen molar-refractivity contribution in [3.63, 3.8) is 0 Å². The summed E-state index contributed by atoms with van der Waals surface area (Å²) in [6.45, 7) is 1.90. The number of benzene rings is 1. The molecule has 4 rings (SSSR count). The van der Waals surface area contributed by atoms with E-state index in [1.807, 2.05) is 66.4 Å². The number of hydrogen-bond acceptors (Lipinski definition) is 6. The molecule has 0 saturated carbocycles. The topological polar surface area (TPSA) is 59.8 Å². The summed E-state index contributed by atoms with van der Waals surface area (Å²) >= 11 is 4.70. The second kappa shape index (κ2) is 7.67. The third-order valence-electron chi connectivity index (χ3n) is 3.87. The van der Waals surface area contributed by atoms with E-state index in [9.17, 15) is 4.79 Å². The molecule has 27 heavy (non-hydrogen) atoms. The van der Waals surface area contributed by atoms with Gasteiger partial charge in [0.2, 0.25) is 5.13 Å². The molecule has 0 aliphatic rings. The summed E-state index contributed by atoms with van der Waals surface area (Å²) in [5, 5.41) is 12.3. The van der Waals surface area contributed by atoms with Gasteiger partial charge in [-0.05, 0) is 36.8 Å². The highest BCUT2D eigenvalue weighted by atomic mass is 32.2. The Bertz CT molecular complexity index is 1080. The minimum Gasteiger partial charge on any atom is -0.306 e. The van der Waals surface area contributed by atoms with Crippen molar-refractivity contribution in [2.45, 2.75) is 11.8 Å². The zero-order valence-electron chi connectivity index (χ0n) is 14.7. The summed E-state index contributed by atoms with van der Waals surface area (Å²) in [7, 11) is 0. The van der Waals surface area contributed by atoms with Crippen molar-refractivity contribution in [2.75, 3.05) is 11.6 Å². The van der Waals surface area contributed by atoms with Gasteiger partial charge in [0.1, 0.15) is 5.82 Å². The molecule has 0 bridgehead atoms. The lowest BCUT2D eigenvalue weighted by Gasteiger charge is -2.09. The van der Waals surface area contributed by atoms with E-state index < -0.39 is 0 Å². The predicted octanol–water partition coefficient (Wildman–Crippen LogP) is 5.34. The number of amides is 1. The summed E-state index contributed by atoms with van der Waals surface area (Å²) in [5.41, 5.74) is 2.38. The van der Waals surface area contributed by atoms with Crippen molar-refractivity contribution in [1.82, 2.24) is 14.8 Å². The first-order valence-corrected chi connectivity index (χ1v) is 11.1. The minimum atomic E-state index is -0.156. The van der Waals surface area contributed by atoms with Crippen molar-refractivity contribution in [3.8, 4) is 15.7 Å². The van der Waals surface area contributed by atoms with Crippen LogP contribution in [0.25, 0.3) is 15.7 Å². The SMILES string of the molecule is CSc1ccccc1C(=O)Nc1cc(C)nn1-c1nc(-c2cccs2)cs1. The van der Waals surface area contributed by atoms with E-state index in [0.717, 1.165) is 26.3 Å². The van der Waals surface area contributed by atoms with E-state index in [-0.39, 0.29) is 5.91 Å². The summed E-state index contributed by atoms with van der Waals surface area (Å²) in [5.74, 6) is 0.455. The summed E-state index contributed by atoms with van der Waals surface area (Å²) < 4.78 is 1.69. The maximum Gasteiger partial charge on any atom is 0.257 e. The van der Waals surface area contributed by atoms with Gasteiger partial charge in [-0.25, -0.2) is 4.98 Å². The smallest absolute Gasteiger partial charge is 0.257 e. The van der Waals surface area contributed by atoms with Gasteiger partial charge in [-0.15, -0.1) is 34.4 Å². The number of aryl methyl sites for hydroxylation is 1. The quantitative estimate of drug-likeness (QED) is 0.450. The molecule has 5 nitrogen and oxygen atoms in total. The Morgan fingerprint density at radius 1 is 1.19 bits per heavy atom. The average molecular weight is 413 g/mol.